The minimum absolute atomic E-state index is 0.00623. The number of likely N-dealkylation sites (tertiary alicyclic amines) is 1. The molecule has 0 bridgehead atoms. The van der Waals surface area contributed by atoms with Crippen molar-refractivity contribution in [2.24, 2.45) is 5.41 Å². The summed E-state index contributed by atoms with van der Waals surface area (Å²) < 4.78 is 40.3. The predicted octanol–water partition coefficient (Wildman–Crippen LogP) is 2.98. The lowest BCUT2D eigenvalue weighted by Gasteiger charge is -2.28. The number of rotatable bonds is 9. The summed E-state index contributed by atoms with van der Waals surface area (Å²) in [6, 6.07) is 13.1. The fraction of sp³-hybridized carbons (Fsp3) is 0.462. The molecule has 1 fully saturated rings. The lowest BCUT2D eigenvalue weighted by molar-refractivity contribution is -0.128. The van der Waals surface area contributed by atoms with Crippen LogP contribution in [-0.4, -0.2) is 62.9 Å². The average Bonchev–Trinajstić information content (AvgIpc) is 3.27. The van der Waals surface area contributed by atoms with E-state index in [1.54, 1.807) is 17.0 Å². The molecule has 1 aliphatic heterocycles. The highest BCUT2D eigenvalue weighted by Gasteiger charge is 2.41. The van der Waals surface area contributed by atoms with Crippen molar-refractivity contribution in [3.63, 3.8) is 0 Å². The van der Waals surface area contributed by atoms with Crippen LogP contribution in [0.3, 0.4) is 0 Å². The van der Waals surface area contributed by atoms with Gasteiger partial charge in [-0.1, -0.05) is 51.1 Å². The van der Waals surface area contributed by atoms with Gasteiger partial charge in [0.05, 0.1) is 20.3 Å². The van der Waals surface area contributed by atoms with Crippen molar-refractivity contribution in [3.8, 4) is 17.7 Å². The third-order valence-electron chi connectivity index (χ3n) is 6.25. The van der Waals surface area contributed by atoms with Crippen LogP contribution in [-0.2, 0) is 21.4 Å². The van der Waals surface area contributed by atoms with Crippen molar-refractivity contribution in [1.29, 1.82) is 5.26 Å². The van der Waals surface area contributed by atoms with Gasteiger partial charge in [0.2, 0.25) is 15.9 Å². The fourth-order valence-electron chi connectivity index (χ4n) is 4.18. The van der Waals surface area contributed by atoms with Crippen LogP contribution in [0.25, 0.3) is 0 Å². The van der Waals surface area contributed by atoms with E-state index in [1.165, 1.54) is 24.6 Å². The molecule has 1 N–H and O–H groups in total. The van der Waals surface area contributed by atoms with Crippen LogP contribution < -0.4 is 14.8 Å². The van der Waals surface area contributed by atoms with Gasteiger partial charge in [-0.2, -0.15) is 9.57 Å². The Kier molecular flexibility index (Phi) is 8.48. The molecule has 36 heavy (non-hydrogen) atoms. The smallest absolute Gasteiger partial charge is 0.247 e. The first kappa shape index (κ1) is 27.3. The first-order valence-corrected chi connectivity index (χ1v) is 13.2. The van der Waals surface area contributed by atoms with Gasteiger partial charge in [-0.15, -0.1) is 0 Å². The molecule has 194 valence electrons. The maximum Gasteiger partial charge on any atom is 0.247 e. The van der Waals surface area contributed by atoms with E-state index in [2.05, 4.69) is 11.5 Å². The van der Waals surface area contributed by atoms with Gasteiger partial charge in [0.15, 0.2) is 6.19 Å². The molecule has 0 aromatic heterocycles. The molecule has 9 nitrogen and oxygen atoms in total. The molecule has 3 rings (SSSR count). The number of hydrogen-bond donors (Lipinski definition) is 1. The number of amides is 1. The second-order valence-electron chi connectivity index (χ2n) is 9.81. The van der Waals surface area contributed by atoms with E-state index in [1.807, 2.05) is 51.1 Å². The Hall–Kier alpha value is -3.29. The van der Waals surface area contributed by atoms with Crippen LogP contribution >= 0.6 is 0 Å². The van der Waals surface area contributed by atoms with E-state index in [-0.39, 0.29) is 42.2 Å². The number of hydrogen-bond acceptors (Lipinski definition) is 7. The molecule has 1 amide bonds. The van der Waals surface area contributed by atoms with Gasteiger partial charge in [-0.05, 0) is 24.1 Å². The predicted molar refractivity (Wildman–Crippen MR) is 136 cm³/mol. The molecule has 0 spiro atoms. The Morgan fingerprint density at radius 2 is 1.86 bits per heavy atom. The average molecular weight is 515 g/mol. The maximum absolute atomic E-state index is 14.1. The highest BCUT2D eigenvalue weighted by Crippen LogP contribution is 2.35. The summed E-state index contributed by atoms with van der Waals surface area (Å²) in [7, 11) is -1.17. The third kappa shape index (κ3) is 6.09. The number of carbonyl (C=O) groups is 1. The van der Waals surface area contributed by atoms with Gasteiger partial charge in [-0.3, -0.25) is 4.79 Å². The lowest BCUT2D eigenvalue weighted by Crippen LogP contribution is -2.42. The molecular formula is C26H34N4O5S. The largest absolute Gasteiger partial charge is 0.497 e. The van der Waals surface area contributed by atoms with Crippen molar-refractivity contribution in [2.45, 2.75) is 50.7 Å². The van der Waals surface area contributed by atoms with Crippen molar-refractivity contribution >= 4 is 15.9 Å². The Balaban J connectivity index is 1.97. The first-order chi connectivity index (χ1) is 17.0. The monoisotopic (exact) mass is 514 g/mol. The Labute approximate surface area is 213 Å². The molecule has 1 saturated heterocycles. The van der Waals surface area contributed by atoms with Crippen molar-refractivity contribution in [3.05, 3.63) is 54.1 Å². The molecule has 2 atom stereocenters. The minimum atomic E-state index is -4.06. The quantitative estimate of drug-likeness (QED) is 0.512. The minimum Gasteiger partial charge on any atom is -0.497 e. The number of sulfonamides is 1. The number of benzene rings is 2. The molecule has 0 saturated carbocycles. The summed E-state index contributed by atoms with van der Waals surface area (Å²) in [5.74, 6) is 0.471. The van der Waals surface area contributed by atoms with Crippen molar-refractivity contribution in [1.82, 2.24) is 14.5 Å². The van der Waals surface area contributed by atoms with Crippen molar-refractivity contribution in [2.75, 3.05) is 27.3 Å². The van der Waals surface area contributed by atoms with Gasteiger partial charge in [0, 0.05) is 37.2 Å². The summed E-state index contributed by atoms with van der Waals surface area (Å²) in [6.45, 7) is 6.04. The second-order valence-corrected chi connectivity index (χ2v) is 11.7. The SMILES string of the molecule is COc1ccc(OC)c(S(=O)(=O)N(Cc2ccccc2)[C@@H]2C[C@H](CNC(=O)C(C)(C)C)N(C#N)C2)c1. The Morgan fingerprint density at radius 3 is 2.44 bits per heavy atom. The summed E-state index contributed by atoms with van der Waals surface area (Å²) >= 11 is 0. The summed E-state index contributed by atoms with van der Waals surface area (Å²) in [5.41, 5.74) is 0.247. The van der Waals surface area contributed by atoms with Crippen LogP contribution in [0.4, 0.5) is 0 Å². The van der Waals surface area contributed by atoms with E-state index in [9.17, 15) is 18.5 Å². The standard InChI is InChI=1S/C26H34N4O5S/c1-26(2,3)25(31)28-15-20-13-21(17-29(20)18-27)30(16-19-9-7-6-8-10-19)36(32,33)24-14-22(34-4)11-12-23(24)35-5/h6-12,14,20-21H,13,15-17H2,1-5H3,(H,28,31)/t20-,21-/m1/s1. The Morgan fingerprint density at radius 1 is 1.17 bits per heavy atom. The molecule has 0 aliphatic carbocycles. The van der Waals surface area contributed by atoms with Crippen LogP contribution in [0.5, 0.6) is 11.5 Å². The van der Waals surface area contributed by atoms with E-state index >= 15 is 0 Å². The molecule has 1 aliphatic rings. The summed E-state index contributed by atoms with van der Waals surface area (Å²) in [6.07, 6.45) is 2.56. The molecule has 0 unspecified atom stereocenters. The highest BCUT2D eigenvalue weighted by atomic mass is 32.2. The molecule has 10 heteroatoms. The maximum atomic E-state index is 14.1. The van der Waals surface area contributed by atoms with Crippen LogP contribution in [0, 0.1) is 16.9 Å². The highest BCUT2D eigenvalue weighted by molar-refractivity contribution is 7.89. The summed E-state index contributed by atoms with van der Waals surface area (Å²) in [5, 5.41) is 12.7. The number of nitrogens with zero attached hydrogens (tertiary/aromatic N) is 3. The zero-order valence-corrected chi connectivity index (χ0v) is 22.2. The number of methoxy groups -OCH3 is 2. The molecular weight excluding hydrogens is 480 g/mol. The zero-order chi connectivity index (χ0) is 26.5. The fourth-order valence-corrected chi connectivity index (χ4v) is 5.97. The molecule has 2 aromatic rings. The van der Waals surface area contributed by atoms with E-state index in [0.29, 0.717) is 12.2 Å². The first-order valence-electron chi connectivity index (χ1n) is 11.7. The number of carbonyl (C=O) groups excluding carboxylic acids is 1. The number of nitrogens with one attached hydrogen (secondary N) is 1. The van der Waals surface area contributed by atoms with Crippen molar-refractivity contribution < 1.29 is 22.7 Å². The van der Waals surface area contributed by atoms with Crippen LogP contribution in [0.1, 0.15) is 32.8 Å². The second kappa shape index (κ2) is 11.2. The van der Waals surface area contributed by atoms with Crippen LogP contribution in [0.15, 0.2) is 53.4 Å². The Bertz CT molecular complexity index is 1210. The van der Waals surface area contributed by atoms with E-state index < -0.39 is 21.5 Å². The zero-order valence-electron chi connectivity index (χ0n) is 21.4. The topological polar surface area (TPSA) is 112 Å². The molecule has 1 heterocycles. The van der Waals surface area contributed by atoms with Gasteiger partial charge >= 0.3 is 0 Å². The van der Waals surface area contributed by atoms with Gasteiger partial charge in [0.1, 0.15) is 16.4 Å². The van der Waals surface area contributed by atoms with E-state index in [0.717, 1.165) is 5.56 Å². The third-order valence-corrected chi connectivity index (χ3v) is 8.17. The van der Waals surface area contributed by atoms with E-state index in [4.69, 9.17) is 9.47 Å². The molecule has 0 radical (unpaired) electrons. The number of ether oxygens (including phenoxy) is 2. The lowest BCUT2D eigenvalue weighted by atomic mass is 9.95. The van der Waals surface area contributed by atoms with Crippen LogP contribution in [0.2, 0.25) is 0 Å². The number of nitriles is 1. The normalized spacial score (nSPS) is 18.1. The van der Waals surface area contributed by atoms with Gasteiger partial charge < -0.3 is 19.7 Å². The summed E-state index contributed by atoms with van der Waals surface area (Å²) in [4.78, 5) is 13.9. The van der Waals surface area contributed by atoms with Gasteiger partial charge in [-0.25, -0.2) is 8.42 Å². The van der Waals surface area contributed by atoms with Gasteiger partial charge in [0.25, 0.3) is 0 Å². The molecule has 2 aromatic carbocycles.